The van der Waals surface area contributed by atoms with Crippen LogP contribution in [0.15, 0.2) is 41.3 Å². The Balaban J connectivity index is 1.48. The molecule has 0 aliphatic carbocycles. The van der Waals surface area contributed by atoms with Gasteiger partial charge in [0.1, 0.15) is 17.4 Å². The molecule has 0 bridgehead atoms. The molecule has 7 nitrogen and oxygen atoms in total. The Kier molecular flexibility index (Phi) is 5.90. The van der Waals surface area contributed by atoms with Crippen LogP contribution in [-0.4, -0.2) is 47.2 Å². The third-order valence-corrected chi connectivity index (χ3v) is 8.57. The van der Waals surface area contributed by atoms with Gasteiger partial charge >= 0.3 is 0 Å². The first kappa shape index (κ1) is 21.4. The minimum Gasteiger partial charge on any atom is -0.493 e. The summed E-state index contributed by atoms with van der Waals surface area (Å²) >= 11 is 0. The fraction of sp³-hybridized carbons (Fsp3) is 0.500. The van der Waals surface area contributed by atoms with Crippen LogP contribution in [0.5, 0.6) is 5.75 Å². The van der Waals surface area contributed by atoms with Crippen LogP contribution in [0.2, 0.25) is 0 Å². The standard InChI is InChI=1S/C24H30N4O3S/c1-2-31-21-13-14-22(20-11-6-5-10-19(20)21)32(29,30)27-15-8-9-18(17-27)24-26-25-23-12-4-3-7-16-28(23)24/h5-6,10-11,13-14,18H,2-4,7-9,12,15-17H2,1H3/t18-/m0/s1. The average molecular weight is 455 g/mol. The van der Waals surface area contributed by atoms with Crippen molar-refractivity contribution in [3.8, 4) is 5.75 Å². The highest BCUT2D eigenvalue weighted by molar-refractivity contribution is 7.89. The van der Waals surface area contributed by atoms with E-state index in [-0.39, 0.29) is 5.92 Å². The first-order chi connectivity index (χ1) is 15.6. The molecule has 0 saturated carbocycles. The van der Waals surface area contributed by atoms with Gasteiger partial charge in [0.25, 0.3) is 0 Å². The summed E-state index contributed by atoms with van der Waals surface area (Å²) in [5.41, 5.74) is 0. The molecule has 8 heteroatoms. The first-order valence-electron chi connectivity index (χ1n) is 11.7. The lowest BCUT2D eigenvalue weighted by Gasteiger charge is -2.32. The lowest BCUT2D eigenvalue weighted by Crippen LogP contribution is -2.39. The summed E-state index contributed by atoms with van der Waals surface area (Å²) in [6.07, 6.45) is 6.20. The maximum absolute atomic E-state index is 13.8. The quantitative estimate of drug-likeness (QED) is 0.579. The number of piperidine rings is 1. The van der Waals surface area contributed by atoms with E-state index in [1.807, 2.05) is 31.2 Å². The van der Waals surface area contributed by atoms with Crippen LogP contribution >= 0.6 is 0 Å². The lowest BCUT2D eigenvalue weighted by molar-refractivity contribution is 0.304. The smallest absolute Gasteiger partial charge is 0.243 e. The van der Waals surface area contributed by atoms with E-state index < -0.39 is 10.0 Å². The number of aromatic nitrogens is 3. The summed E-state index contributed by atoms with van der Waals surface area (Å²) in [4.78, 5) is 0.345. The highest BCUT2D eigenvalue weighted by atomic mass is 32.2. The van der Waals surface area contributed by atoms with Gasteiger partial charge in [0.15, 0.2) is 0 Å². The van der Waals surface area contributed by atoms with Gasteiger partial charge in [-0.1, -0.05) is 30.7 Å². The lowest BCUT2D eigenvalue weighted by atomic mass is 9.99. The summed E-state index contributed by atoms with van der Waals surface area (Å²) in [6, 6.07) is 11.0. The van der Waals surface area contributed by atoms with E-state index in [4.69, 9.17) is 4.74 Å². The number of aryl methyl sites for hydroxylation is 1. The Bertz CT molecular complexity index is 1220. The summed E-state index contributed by atoms with van der Waals surface area (Å²) in [6.45, 7) is 4.37. The van der Waals surface area contributed by atoms with E-state index in [0.29, 0.717) is 35.7 Å². The van der Waals surface area contributed by atoms with E-state index in [0.717, 1.165) is 55.7 Å². The molecule has 0 spiro atoms. The Hall–Kier alpha value is -2.45. The minimum atomic E-state index is -3.65. The topological polar surface area (TPSA) is 77.3 Å². The van der Waals surface area contributed by atoms with Crippen LogP contribution in [-0.2, 0) is 23.0 Å². The van der Waals surface area contributed by atoms with Gasteiger partial charge in [0.2, 0.25) is 10.0 Å². The van der Waals surface area contributed by atoms with Crippen LogP contribution in [0.1, 0.15) is 56.6 Å². The molecule has 1 saturated heterocycles. The molecule has 0 radical (unpaired) electrons. The fourth-order valence-corrected chi connectivity index (χ4v) is 6.79. The summed E-state index contributed by atoms with van der Waals surface area (Å²) in [5.74, 6) is 2.80. The number of hydrogen-bond donors (Lipinski definition) is 0. The second-order valence-electron chi connectivity index (χ2n) is 8.68. The second-order valence-corrected chi connectivity index (χ2v) is 10.6. The number of fused-ring (bicyclic) bond motifs is 2. The van der Waals surface area contributed by atoms with Gasteiger partial charge in [0, 0.05) is 42.7 Å². The number of benzene rings is 2. The average Bonchev–Trinajstić information content (AvgIpc) is 3.07. The van der Waals surface area contributed by atoms with Crippen molar-refractivity contribution >= 4 is 20.8 Å². The van der Waals surface area contributed by atoms with Crippen molar-refractivity contribution in [1.82, 2.24) is 19.1 Å². The van der Waals surface area contributed by atoms with Crippen molar-refractivity contribution in [2.75, 3.05) is 19.7 Å². The molecule has 170 valence electrons. The van der Waals surface area contributed by atoms with Crippen LogP contribution < -0.4 is 4.74 Å². The number of sulfonamides is 1. The molecule has 3 heterocycles. The predicted octanol–water partition coefficient (Wildman–Crippen LogP) is 4.12. The highest BCUT2D eigenvalue weighted by Crippen LogP contribution is 2.35. The normalized spacial score (nSPS) is 20.1. The zero-order valence-electron chi connectivity index (χ0n) is 18.5. The molecule has 2 aromatic carbocycles. The Morgan fingerprint density at radius 3 is 2.69 bits per heavy atom. The van der Waals surface area contributed by atoms with Crippen molar-refractivity contribution in [1.29, 1.82) is 0 Å². The van der Waals surface area contributed by atoms with Gasteiger partial charge in [0.05, 0.1) is 11.5 Å². The zero-order valence-corrected chi connectivity index (χ0v) is 19.4. The summed E-state index contributed by atoms with van der Waals surface area (Å²) in [7, 11) is -3.65. The van der Waals surface area contributed by atoms with Gasteiger partial charge in [-0.2, -0.15) is 4.31 Å². The van der Waals surface area contributed by atoms with Crippen molar-refractivity contribution in [2.45, 2.75) is 62.8 Å². The molecule has 3 aromatic rings. The van der Waals surface area contributed by atoms with Crippen LogP contribution in [0, 0.1) is 0 Å². The largest absolute Gasteiger partial charge is 0.493 e. The molecular formula is C24H30N4O3S. The molecule has 32 heavy (non-hydrogen) atoms. The number of hydrogen-bond acceptors (Lipinski definition) is 5. The molecular weight excluding hydrogens is 424 g/mol. The van der Waals surface area contributed by atoms with Gasteiger partial charge in [-0.05, 0) is 44.7 Å². The Morgan fingerprint density at radius 2 is 1.84 bits per heavy atom. The van der Waals surface area contributed by atoms with Gasteiger partial charge in [-0.3, -0.25) is 0 Å². The van der Waals surface area contributed by atoms with Crippen LogP contribution in [0.4, 0.5) is 0 Å². The number of rotatable bonds is 5. The monoisotopic (exact) mass is 454 g/mol. The number of nitrogens with zero attached hydrogens (tertiary/aromatic N) is 4. The summed E-state index contributed by atoms with van der Waals surface area (Å²) < 4.78 is 37.2. The summed E-state index contributed by atoms with van der Waals surface area (Å²) in [5, 5.41) is 10.5. The van der Waals surface area contributed by atoms with Crippen LogP contribution in [0.25, 0.3) is 10.8 Å². The van der Waals surface area contributed by atoms with E-state index >= 15 is 0 Å². The van der Waals surface area contributed by atoms with E-state index in [1.54, 1.807) is 16.4 Å². The maximum atomic E-state index is 13.8. The molecule has 2 aliphatic rings. The Morgan fingerprint density at radius 1 is 1.00 bits per heavy atom. The third-order valence-electron chi connectivity index (χ3n) is 6.65. The number of ether oxygens (including phenoxy) is 1. The Labute approximate surface area is 189 Å². The van der Waals surface area contributed by atoms with Gasteiger partial charge in [-0.15, -0.1) is 10.2 Å². The molecule has 0 N–H and O–H groups in total. The first-order valence-corrected chi connectivity index (χ1v) is 13.1. The maximum Gasteiger partial charge on any atom is 0.243 e. The van der Waals surface area contributed by atoms with Gasteiger partial charge in [-0.25, -0.2) is 8.42 Å². The zero-order chi connectivity index (χ0) is 22.1. The predicted molar refractivity (Wildman–Crippen MR) is 123 cm³/mol. The molecule has 0 unspecified atom stereocenters. The minimum absolute atomic E-state index is 0.0758. The molecule has 1 fully saturated rings. The molecule has 1 atom stereocenters. The SMILES string of the molecule is CCOc1ccc(S(=O)(=O)N2CCC[C@H](c3nnc4n3CCCCC4)C2)c2ccccc12. The van der Waals surface area contributed by atoms with Crippen molar-refractivity contribution in [3.05, 3.63) is 48.0 Å². The molecule has 5 rings (SSSR count). The highest BCUT2D eigenvalue weighted by Gasteiger charge is 2.34. The van der Waals surface area contributed by atoms with E-state index in [1.165, 1.54) is 6.42 Å². The second kappa shape index (κ2) is 8.83. The van der Waals surface area contributed by atoms with Crippen molar-refractivity contribution in [2.24, 2.45) is 0 Å². The van der Waals surface area contributed by atoms with Gasteiger partial charge < -0.3 is 9.30 Å². The third kappa shape index (κ3) is 3.79. The molecule has 0 amide bonds. The molecule has 2 aliphatic heterocycles. The fourth-order valence-electron chi connectivity index (χ4n) is 5.07. The van der Waals surface area contributed by atoms with Crippen molar-refractivity contribution < 1.29 is 13.2 Å². The van der Waals surface area contributed by atoms with E-state index in [9.17, 15) is 8.42 Å². The van der Waals surface area contributed by atoms with Crippen LogP contribution in [0.3, 0.4) is 0 Å². The van der Waals surface area contributed by atoms with Crippen molar-refractivity contribution in [3.63, 3.8) is 0 Å². The molecule has 1 aromatic heterocycles. The van der Waals surface area contributed by atoms with E-state index in [2.05, 4.69) is 14.8 Å².